The summed E-state index contributed by atoms with van der Waals surface area (Å²) in [4.78, 5) is 24.8. The molecule has 4 aromatic rings. The minimum atomic E-state index is -0.422. The molecule has 0 radical (unpaired) electrons. The van der Waals surface area contributed by atoms with Crippen molar-refractivity contribution in [2.75, 3.05) is 6.61 Å². The highest BCUT2D eigenvalue weighted by Crippen LogP contribution is 2.15. The van der Waals surface area contributed by atoms with E-state index in [1.165, 1.54) is 5.56 Å². The Morgan fingerprint density at radius 2 is 1.00 bits per heavy atom. The van der Waals surface area contributed by atoms with Gasteiger partial charge >= 0.3 is 0 Å². The van der Waals surface area contributed by atoms with Crippen molar-refractivity contribution in [3.63, 3.8) is 0 Å². The van der Waals surface area contributed by atoms with Gasteiger partial charge in [0.25, 0.3) is 11.8 Å². The van der Waals surface area contributed by atoms with Crippen molar-refractivity contribution in [3.05, 3.63) is 131 Å². The summed E-state index contributed by atoms with van der Waals surface area (Å²) in [5.41, 5.74) is 7.93. The molecule has 0 bridgehead atoms. The van der Waals surface area contributed by atoms with E-state index in [9.17, 15) is 9.59 Å². The number of ether oxygens (including phenoxy) is 2. The van der Waals surface area contributed by atoms with Crippen LogP contribution in [0.3, 0.4) is 0 Å². The van der Waals surface area contributed by atoms with E-state index >= 15 is 0 Å². The minimum Gasteiger partial charge on any atom is -0.493 e. The Balaban J connectivity index is 1.20. The normalized spacial score (nSPS) is 10.3. The second-order valence-electron chi connectivity index (χ2n) is 7.82. The number of carbonyl (C=O) groups excluding carboxylic acids is 2. The topological polar surface area (TPSA) is 76.7 Å². The fraction of sp³-hybridized carbons (Fsp3) is 0.103. The van der Waals surface area contributed by atoms with E-state index < -0.39 is 11.8 Å². The lowest BCUT2D eigenvalue weighted by molar-refractivity contribution is 0.0846. The number of hydrazine groups is 1. The first kappa shape index (κ1) is 23.6. The summed E-state index contributed by atoms with van der Waals surface area (Å²) in [6, 6.07) is 33.4. The lowest BCUT2D eigenvalue weighted by atomic mass is 10.2. The van der Waals surface area contributed by atoms with E-state index in [1.807, 2.05) is 48.5 Å². The van der Waals surface area contributed by atoms with Crippen LogP contribution in [0.4, 0.5) is 0 Å². The highest BCUT2D eigenvalue weighted by Gasteiger charge is 2.10. The molecule has 0 saturated heterocycles. The van der Waals surface area contributed by atoms with Gasteiger partial charge in [0.05, 0.1) is 6.61 Å². The predicted octanol–water partition coefficient (Wildman–Crippen LogP) is 4.96. The van der Waals surface area contributed by atoms with Crippen molar-refractivity contribution in [2.45, 2.75) is 13.0 Å². The molecule has 176 valence electrons. The average molecular weight is 467 g/mol. The number of hydrogen-bond donors (Lipinski definition) is 2. The molecule has 4 rings (SSSR count). The first-order chi connectivity index (χ1) is 17.2. The van der Waals surface area contributed by atoms with Gasteiger partial charge in [-0.3, -0.25) is 20.4 Å². The zero-order valence-electron chi connectivity index (χ0n) is 19.1. The second-order valence-corrected chi connectivity index (χ2v) is 7.82. The van der Waals surface area contributed by atoms with Gasteiger partial charge in [0, 0.05) is 17.5 Å². The Kier molecular flexibility index (Phi) is 8.11. The summed E-state index contributed by atoms with van der Waals surface area (Å²) < 4.78 is 11.5. The highest BCUT2D eigenvalue weighted by molar-refractivity contribution is 5.99. The Hall–Kier alpha value is -4.58. The van der Waals surface area contributed by atoms with Crippen molar-refractivity contribution >= 4 is 11.8 Å². The van der Waals surface area contributed by atoms with E-state index in [4.69, 9.17) is 9.47 Å². The number of carbonyl (C=O) groups is 2. The van der Waals surface area contributed by atoms with Gasteiger partial charge in [0.2, 0.25) is 0 Å². The molecule has 0 aliphatic heterocycles. The highest BCUT2D eigenvalue weighted by atomic mass is 16.5. The third-order valence-corrected chi connectivity index (χ3v) is 5.27. The van der Waals surface area contributed by atoms with Crippen LogP contribution < -0.4 is 20.3 Å². The average Bonchev–Trinajstić information content (AvgIpc) is 2.92. The van der Waals surface area contributed by atoms with E-state index in [1.54, 1.807) is 48.5 Å². The number of hydrogen-bond acceptors (Lipinski definition) is 4. The zero-order chi connectivity index (χ0) is 24.3. The van der Waals surface area contributed by atoms with Crippen LogP contribution in [-0.2, 0) is 13.0 Å². The SMILES string of the molecule is O=C(NNC(=O)c1ccc(OCc2ccccc2)cc1)c1ccc(OCCc2ccccc2)cc1. The van der Waals surface area contributed by atoms with Crippen molar-refractivity contribution in [1.29, 1.82) is 0 Å². The standard InChI is InChI=1S/C29H26N2O4/c32-28(24-11-15-26(16-12-24)34-20-19-22-7-3-1-4-8-22)30-31-29(33)25-13-17-27(18-14-25)35-21-23-9-5-2-6-10-23/h1-18H,19-21H2,(H,30,32)(H,31,33). The van der Waals surface area contributed by atoms with Gasteiger partial charge in [0.15, 0.2) is 0 Å². The Morgan fingerprint density at radius 1 is 0.543 bits per heavy atom. The molecule has 2 amide bonds. The van der Waals surface area contributed by atoms with Gasteiger partial charge in [-0.05, 0) is 59.7 Å². The fourth-order valence-corrected chi connectivity index (χ4v) is 3.34. The summed E-state index contributed by atoms with van der Waals surface area (Å²) in [6.07, 6.45) is 0.801. The summed E-state index contributed by atoms with van der Waals surface area (Å²) >= 11 is 0. The Morgan fingerprint density at radius 3 is 1.51 bits per heavy atom. The van der Waals surface area contributed by atoms with Crippen molar-refractivity contribution in [3.8, 4) is 11.5 Å². The molecule has 2 N–H and O–H groups in total. The third-order valence-electron chi connectivity index (χ3n) is 5.27. The van der Waals surface area contributed by atoms with Crippen LogP contribution in [0.1, 0.15) is 31.8 Å². The molecule has 0 aromatic heterocycles. The quantitative estimate of drug-likeness (QED) is 0.342. The molecule has 6 heteroatoms. The van der Waals surface area contributed by atoms with E-state index in [0.717, 1.165) is 12.0 Å². The lowest BCUT2D eigenvalue weighted by Crippen LogP contribution is -2.41. The minimum absolute atomic E-state index is 0.402. The van der Waals surface area contributed by atoms with Crippen LogP contribution >= 0.6 is 0 Å². The van der Waals surface area contributed by atoms with Crippen LogP contribution in [0.5, 0.6) is 11.5 Å². The van der Waals surface area contributed by atoms with Gasteiger partial charge in [-0.15, -0.1) is 0 Å². The summed E-state index contributed by atoms with van der Waals surface area (Å²) in [5.74, 6) is 0.488. The van der Waals surface area contributed by atoms with E-state index in [2.05, 4.69) is 23.0 Å². The molecule has 4 aromatic carbocycles. The summed E-state index contributed by atoms with van der Waals surface area (Å²) in [5, 5.41) is 0. The van der Waals surface area contributed by atoms with E-state index in [0.29, 0.717) is 35.8 Å². The maximum absolute atomic E-state index is 12.4. The maximum Gasteiger partial charge on any atom is 0.269 e. The van der Waals surface area contributed by atoms with E-state index in [-0.39, 0.29) is 0 Å². The van der Waals surface area contributed by atoms with Crippen molar-refractivity contribution in [1.82, 2.24) is 10.9 Å². The van der Waals surface area contributed by atoms with Crippen LogP contribution in [0, 0.1) is 0 Å². The monoisotopic (exact) mass is 466 g/mol. The molecule has 0 atom stereocenters. The molecular weight excluding hydrogens is 440 g/mol. The van der Waals surface area contributed by atoms with Gasteiger partial charge < -0.3 is 9.47 Å². The molecule has 0 fully saturated rings. The van der Waals surface area contributed by atoms with Crippen LogP contribution in [-0.4, -0.2) is 18.4 Å². The largest absolute Gasteiger partial charge is 0.493 e. The van der Waals surface area contributed by atoms with Crippen LogP contribution in [0.2, 0.25) is 0 Å². The zero-order valence-corrected chi connectivity index (χ0v) is 19.1. The first-order valence-corrected chi connectivity index (χ1v) is 11.3. The predicted molar refractivity (Wildman–Crippen MR) is 134 cm³/mol. The summed E-state index contributed by atoms with van der Waals surface area (Å²) in [6.45, 7) is 0.987. The lowest BCUT2D eigenvalue weighted by Gasteiger charge is -2.10. The molecule has 0 heterocycles. The number of benzene rings is 4. The molecule has 0 saturated carbocycles. The maximum atomic E-state index is 12.4. The van der Waals surface area contributed by atoms with Crippen molar-refractivity contribution in [2.24, 2.45) is 0 Å². The first-order valence-electron chi connectivity index (χ1n) is 11.3. The molecule has 0 aliphatic carbocycles. The summed E-state index contributed by atoms with van der Waals surface area (Å²) in [7, 11) is 0. The molecule has 35 heavy (non-hydrogen) atoms. The Bertz CT molecular complexity index is 1230. The third kappa shape index (κ3) is 7.20. The molecule has 0 spiro atoms. The number of amides is 2. The second kappa shape index (κ2) is 12.0. The molecular formula is C29H26N2O4. The molecule has 6 nitrogen and oxygen atoms in total. The number of nitrogens with one attached hydrogen (secondary N) is 2. The van der Waals surface area contributed by atoms with Gasteiger partial charge in [-0.2, -0.15) is 0 Å². The Labute approximate surface area is 204 Å². The van der Waals surface area contributed by atoms with Gasteiger partial charge in [-0.1, -0.05) is 60.7 Å². The number of rotatable bonds is 9. The smallest absolute Gasteiger partial charge is 0.269 e. The van der Waals surface area contributed by atoms with Crippen molar-refractivity contribution < 1.29 is 19.1 Å². The van der Waals surface area contributed by atoms with Gasteiger partial charge in [0.1, 0.15) is 18.1 Å². The van der Waals surface area contributed by atoms with Gasteiger partial charge in [-0.25, -0.2) is 0 Å². The molecule has 0 unspecified atom stereocenters. The fourth-order valence-electron chi connectivity index (χ4n) is 3.34. The molecule has 0 aliphatic rings. The van der Waals surface area contributed by atoms with Crippen LogP contribution in [0.15, 0.2) is 109 Å². The van der Waals surface area contributed by atoms with Crippen LogP contribution in [0.25, 0.3) is 0 Å².